The lowest BCUT2D eigenvalue weighted by atomic mass is 10.0. The zero-order chi connectivity index (χ0) is 17.7. The summed E-state index contributed by atoms with van der Waals surface area (Å²) in [6.07, 6.45) is 5.50. The molecule has 2 aromatic carbocycles. The predicted molar refractivity (Wildman–Crippen MR) is 109 cm³/mol. The van der Waals surface area contributed by atoms with Gasteiger partial charge in [0.1, 0.15) is 6.20 Å². The Bertz CT molecular complexity index is 1320. The minimum atomic E-state index is 0.816. The fraction of sp³-hybridized carbons (Fsp3) is 0.0455. The van der Waals surface area contributed by atoms with E-state index >= 15 is 0 Å². The first-order valence-electron chi connectivity index (χ1n) is 8.46. The Morgan fingerprint density at radius 1 is 1.00 bits per heavy atom. The van der Waals surface area contributed by atoms with Gasteiger partial charge in [0.2, 0.25) is 0 Å². The number of fused-ring (bicyclic) bond motifs is 4. The number of benzene rings is 2. The van der Waals surface area contributed by atoms with E-state index in [1.165, 1.54) is 25.7 Å². The molecule has 5 aromatic rings. The molecule has 124 valence electrons. The molecule has 0 saturated heterocycles. The normalized spacial score (nSPS) is 11.4. The zero-order valence-electron chi connectivity index (χ0n) is 14.3. The monoisotopic (exact) mass is 354 g/mol. The van der Waals surface area contributed by atoms with Crippen LogP contribution in [0.1, 0.15) is 5.56 Å². The van der Waals surface area contributed by atoms with Gasteiger partial charge in [0.25, 0.3) is 0 Å². The van der Waals surface area contributed by atoms with Crippen LogP contribution in [0.25, 0.3) is 48.8 Å². The molecule has 0 aliphatic rings. The molecule has 0 bridgehead atoms. The van der Waals surface area contributed by atoms with Gasteiger partial charge in [-0.1, -0.05) is 24.8 Å². The molecule has 0 spiro atoms. The molecule has 0 radical (unpaired) electrons. The molecule has 0 saturated carbocycles. The van der Waals surface area contributed by atoms with Crippen LogP contribution in [0.4, 0.5) is 0 Å². The number of rotatable bonds is 2. The van der Waals surface area contributed by atoms with E-state index in [2.05, 4.69) is 59.9 Å². The first-order valence-corrected chi connectivity index (χ1v) is 9.28. The maximum Gasteiger partial charge on any atom is 0.353 e. The van der Waals surface area contributed by atoms with Crippen LogP contribution in [-0.4, -0.2) is 9.97 Å². The van der Waals surface area contributed by atoms with E-state index in [0.29, 0.717) is 0 Å². The Hall–Kier alpha value is -3.11. The van der Waals surface area contributed by atoms with Crippen molar-refractivity contribution in [3.63, 3.8) is 0 Å². The molecule has 4 heteroatoms. The van der Waals surface area contributed by atoms with Crippen LogP contribution in [0.3, 0.4) is 0 Å². The lowest BCUT2D eigenvalue weighted by Crippen LogP contribution is -2.31. The molecule has 0 unspecified atom stereocenters. The van der Waals surface area contributed by atoms with Gasteiger partial charge in [-0.15, -0.1) is 11.3 Å². The second-order valence-electron chi connectivity index (χ2n) is 6.30. The number of hydrogen-bond donors (Lipinski definition) is 0. The highest BCUT2D eigenvalue weighted by Crippen LogP contribution is 2.37. The van der Waals surface area contributed by atoms with Crippen molar-refractivity contribution in [1.82, 2.24) is 9.97 Å². The summed E-state index contributed by atoms with van der Waals surface area (Å²) in [5, 5.41) is 2.63. The highest BCUT2D eigenvalue weighted by atomic mass is 32.1. The molecular formula is C22H16N3S+. The van der Waals surface area contributed by atoms with Crippen molar-refractivity contribution >= 4 is 48.9 Å². The van der Waals surface area contributed by atoms with Gasteiger partial charge in [0.05, 0.1) is 12.4 Å². The Morgan fingerprint density at radius 2 is 1.88 bits per heavy atom. The molecule has 0 atom stereocenters. The molecule has 0 fully saturated rings. The van der Waals surface area contributed by atoms with Gasteiger partial charge in [0.15, 0.2) is 11.2 Å². The van der Waals surface area contributed by atoms with Crippen LogP contribution < -0.4 is 4.57 Å². The van der Waals surface area contributed by atoms with Crippen LogP contribution >= 0.6 is 11.3 Å². The third kappa shape index (κ3) is 2.16. The topological polar surface area (TPSA) is 29.7 Å². The summed E-state index contributed by atoms with van der Waals surface area (Å²) in [7, 11) is 0. The number of pyridine rings is 1. The number of hydrogen-bond acceptors (Lipinski definition) is 3. The van der Waals surface area contributed by atoms with Gasteiger partial charge in [-0.25, -0.2) is 4.98 Å². The summed E-state index contributed by atoms with van der Waals surface area (Å²) >= 11 is 1.83. The summed E-state index contributed by atoms with van der Waals surface area (Å²) < 4.78 is 4.61. The van der Waals surface area contributed by atoms with E-state index in [1.54, 1.807) is 12.4 Å². The van der Waals surface area contributed by atoms with Crippen molar-refractivity contribution in [3.05, 3.63) is 73.1 Å². The maximum atomic E-state index is 4.60. The summed E-state index contributed by atoms with van der Waals surface area (Å²) in [6.45, 7) is 6.14. The van der Waals surface area contributed by atoms with Gasteiger partial charge >= 0.3 is 5.65 Å². The van der Waals surface area contributed by atoms with E-state index in [1.807, 2.05) is 34.2 Å². The Balaban J connectivity index is 1.84. The predicted octanol–water partition coefficient (Wildman–Crippen LogP) is 5.36. The van der Waals surface area contributed by atoms with Gasteiger partial charge < -0.3 is 0 Å². The van der Waals surface area contributed by atoms with Crippen molar-refractivity contribution < 1.29 is 4.57 Å². The maximum absolute atomic E-state index is 4.60. The SMILES string of the molecule is C=C[n+]1c(-c2cc3sc4ccccc4c3cc2C)cnc2cccnc21. The number of thiophene rings is 1. The first kappa shape index (κ1) is 15.2. The van der Waals surface area contributed by atoms with Crippen LogP contribution in [0.15, 0.2) is 67.5 Å². The minimum Gasteiger partial charge on any atom is -0.244 e. The highest BCUT2D eigenvalue weighted by molar-refractivity contribution is 7.25. The molecule has 0 N–H and O–H groups in total. The number of nitrogens with zero attached hydrogens (tertiary/aromatic N) is 3. The second-order valence-corrected chi connectivity index (χ2v) is 7.39. The Labute approximate surface area is 154 Å². The van der Waals surface area contributed by atoms with Crippen LogP contribution in [0.2, 0.25) is 0 Å². The molecule has 3 nitrogen and oxygen atoms in total. The third-order valence-electron chi connectivity index (χ3n) is 4.76. The molecule has 3 heterocycles. The second kappa shape index (κ2) is 5.71. The molecule has 26 heavy (non-hydrogen) atoms. The average molecular weight is 354 g/mol. The quantitative estimate of drug-likeness (QED) is 0.399. The summed E-state index contributed by atoms with van der Waals surface area (Å²) in [5.74, 6) is 0. The minimum absolute atomic E-state index is 0.816. The molecule has 0 amide bonds. The first-order chi connectivity index (χ1) is 12.8. The fourth-order valence-electron chi connectivity index (χ4n) is 3.52. The van der Waals surface area contributed by atoms with E-state index < -0.39 is 0 Å². The lowest BCUT2D eigenvalue weighted by Gasteiger charge is -2.08. The fourth-order valence-corrected chi connectivity index (χ4v) is 4.65. The smallest absolute Gasteiger partial charge is 0.244 e. The molecule has 5 rings (SSSR count). The van der Waals surface area contributed by atoms with Crippen molar-refractivity contribution in [2.24, 2.45) is 0 Å². The zero-order valence-corrected chi connectivity index (χ0v) is 15.1. The molecule has 3 aromatic heterocycles. The van der Waals surface area contributed by atoms with E-state index in [4.69, 9.17) is 0 Å². The lowest BCUT2D eigenvalue weighted by molar-refractivity contribution is -0.529. The van der Waals surface area contributed by atoms with Crippen molar-refractivity contribution in [2.45, 2.75) is 6.92 Å². The number of aromatic nitrogens is 3. The third-order valence-corrected chi connectivity index (χ3v) is 5.90. The van der Waals surface area contributed by atoms with Gasteiger partial charge in [-0.2, -0.15) is 4.57 Å². The average Bonchev–Trinajstić information content (AvgIpc) is 3.04. The van der Waals surface area contributed by atoms with E-state index in [9.17, 15) is 0 Å². The summed E-state index contributed by atoms with van der Waals surface area (Å²) in [5.41, 5.74) is 5.05. The van der Waals surface area contributed by atoms with E-state index in [-0.39, 0.29) is 0 Å². The van der Waals surface area contributed by atoms with Gasteiger partial charge in [-0.3, -0.25) is 0 Å². The van der Waals surface area contributed by atoms with Crippen LogP contribution in [0, 0.1) is 6.92 Å². The van der Waals surface area contributed by atoms with Crippen molar-refractivity contribution in [2.75, 3.05) is 0 Å². The molecular weight excluding hydrogens is 338 g/mol. The Kier molecular flexibility index (Phi) is 3.33. The van der Waals surface area contributed by atoms with Crippen molar-refractivity contribution in [3.8, 4) is 11.3 Å². The van der Waals surface area contributed by atoms with Gasteiger partial charge in [-0.05, 0) is 47.8 Å². The molecule has 0 aliphatic heterocycles. The number of aryl methyl sites for hydroxylation is 1. The molecule has 0 aliphatic carbocycles. The summed E-state index contributed by atoms with van der Waals surface area (Å²) in [4.78, 5) is 9.10. The summed E-state index contributed by atoms with van der Waals surface area (Å²) in [6, 6.07) is 17.0. The van der Waals surface area contributed by atoms with Crippen LogP contribution in [0.5, 0.6) is 0 Å². The largest absolute Gasteiger partial charge is 0.353 e. The van der Waals surface area contributed by atoms with Crippen LogP contribution in [-0.2, 0) is 0 Å². The Morgan fingerprint density at radius 3 is 2.77 bits per heavy atom. The standard InChI is InChI=1S/C22H16N3S/c1-3-25-19(13-24-18-8-6-10-23-22(18)25)16-12-21-17(11-14(16)2)15-7-4-5-9-20(15)26-21/h3-13H,1H2,2H3/q+1. The highest BCUT2D eigenvalue weighted by Gasteiger charge is 2.18. The van der Waals surface area contributed by atoms with Crippen molar-refractivity contribution in [1.29, 1.82) is 0 Å². The van der Waals surface area contributed by atoms with Gasteiger partial charge in [0, 0.05) is 25.7 Å². The van der Waals surface area contributed by atoms with E-state index in [0.717, 1.165) is 22.4 Å².